The Morgan fingerprint density at radius 1 is 0.762 bits per heavy atom. The van der Waals surface area contributed by atoms with Gasteiger partial charge in [0, 0.05) is 12.5 Å². The van der Waals surface area contributed by atoms with Gasteiger partial charge in [-0.3, -0.25) is 0 Å². The Morgan fingerprint density at radius 3 is 1.57 bits per heavy atom. The van der Waals surface area contributed by atoms with Gasteiger partial charge in [-0.25, -0.2) is 0 Å². The monoisotopic (exact) mass is 281 g/mol. The first-order valence-corrected chi connectivity index (χ1v) is 8.00. The summed E-state index contributed by atoms with van der Waals surface area (Å²) < 4.78 is 0. The molecule has 2 aromatic carbocycles. The van der Waals surface area contributed by atoms with Gasteiger partial charge in [0.1, 0.15) is 0 Å². The maximum Gasteiger partial charge on any atom is 0.0222 e. The van der Waals surface area contributed by atoms with Crippen molar-refractivity contribution in [3.05, 3.63) is 70.8 Å². The van der Waals surface area contributed by atoms with Crippen LogP contribution in [0.2, 0.25) is 0 Å². The highest BCUT2D eigenvalue weighted by Gasteiger charge is 2.19. The van der Waals surface area contributed by atoms with E-state index in [2.05, 4.69) is 81.1 Å². The third kappa shape index (κ3) is 3.74. The summed E-state index contributed by atoms with van der Waals surface area (Å²) in [5.74, 6) is 0.451. The average Bonchev–Trinajstić information content (AvgIpc) is 2.51. The van der Waals surface area contributed by atoms with E-state index in [1.165, 1.54) is 22.3 Å². The van der Waals surface area contributed by atoms with E-state index < -0.39 is 0 Å². The van der Waals surface area contributed by atoms with Crippen LogP contribution in [0.5, 0.6) is 0 Å². The van der Waals surface area contributed by atoms with E-state index in [4.69, 9.17) is 0 Å². The van der Waals surface area contributed by atoms with Gasteiger partial charge in [0.2, 0.25) is 0 Å². The molecule has 0 aliphatic heterocycles. The SMILES string of the molecule is CCN(CC)CC(c1ccccc1C)c1ccccc1C. The van der Waals surface area contributed by atoms with Crippen LogP contribution in [0, 0.1) is 13.8 Å². The quantitative estimate of drug-likeness (QED) is 0.736. The van der Waals surface area contributed by atoms with Crippen LogP contribution in [0.25, 0.3) is 0 Å². The summed E-state index contributed by atoms with van der Waals surface area (Å²) >= 11 is 0. The first-order chi connectivity index (χ1) is 10.2. The molecule has 0 saturated carbocycles. The van der Waals surface area contributed by atoms with Crippen molar-refractivity contribution in [3.8, 4) is 0 Å². The highest BCUT2D eigenvalue weighted by Crippen LogP contribution is 2.30. The molecule has 21 heavy (non-hydrogen) atoms. The largest absolute Gasteiger partial charge is 0.303 e. The number of benzene rings is 2. The van der Waals surface area contributed by atoms with Crippen LogP contribution in [0.1, 0.15) is 42.0 Å². The molecule has 0 saturated heterocycles. The fourth-order valence-corrected chi connectivity index (χ4v) is 3.06. The lowest BCUT2D eigenvalue weighted by molar-refractivity contribution is 0.293. The van der Waals surface area contributed by atoms with Crippen LogP contribution in [0.3, 0.4) is 0 Å². The van der Waals surface area contributed by atoms with Crippen LogP contribution in [0.4, 0.5) is 0 Å². The molecular weight excluding hydrogens is 254 g/mol. The molecule has 1 nitrogen and oxygen atoms in total. The van der Waals surface area contributed by atoms with Crippen LogP contribution in [-0.2, 0) is 0 Å². The van der Waals surface area contributed by atoms with E-state index in [9.17, 15) is 0 Å². The molecule has 0 bridgehead atoms. The molecule has 1 heteroatoms. The number of hydrogen-bond donors (Lipinski definition) is 0. The molecule has 0 aliphatic rings. The zero-order chi connectivity index (χ0) is 15.2. The Kier molecular flexibility index (Phi) is 5.58. The number of nitrogens with zero attached hydrogens (tertiary/aromatic N) is 1. The van der Waals surface area contributed by atoms with Crippen LogP contribution >= 0.6 is 0 Å². The zero-order valence-corrected chi connectivity index (χ0v) is 13.8. The Labute approximate surface area is 129 Å². The first kappa shape index (κ1) is 15.8. The molecule has 0 aliphatic carbocycles. The third-order valence-electron chi connectivity index (χ3n) is 4.46. The number of rotatable bonds is 6. The van der Waals surface area contributed by atoms with Crippen molar-refractivity contribution in [1.82, 2.24) is 4.90 Å². The van der Waals surface area contributed by atoms with Crippen molar-refractivity contribution in [3.63, 3.8) is 0 Å². The summed E-state index contributed by atoms with van der Waals surface area (Å²) in [6.45, 7) is 12.2. The second-order valence-corrected chi connectivity index (χ2v) is 5.75. The number of aryl methyl sites for hydroxylation is 2. The number of hydrogen-bond acceptors (Lipinski definition) is 1. The smallest absolute Gasteiger partial charge is 0.0222 e. The Balaban J connectivity index is 2.45. The molecule has 0 spiro atoms. The Morgan fingerprint density at radius 2 is 1.19 bits per heavy atom. The summed E-state index contributed by atoms with van der Waals surface area (Å²) in [4.78, 5) is 2.52. The molecule has 0 N–H and O–H groups in total. The molecular formula is C20H27N. The zero-order valence-electron chi connectivity index (χ0n) is 13.8. The predicted molar refractivity (Wildman–Crippen MR) is 92.0 cm³/mol. The standard InChI is InChI=1S/C20H27N/c1-5-21(6-2)15-20(18-13-9-7-11-16(18)3)19-14-10-8-12-17(19)4/h7-14,20H,5-6,15H2,1-4H3. The molecule has 112 valence electrons. The molecule has 2 aromatic rings. The molecule has 0 radical (unpaired) electrons. The summed E-state index contributed by atoms with van der Waals surface area (Å²) in [5, 5.41) is 0. The number of likely N-dealkylation sites (N-methyl/N-ethyl adjacent to an activating group) is 1. The van der Waals surface area contributed by atoms with Gasteiger partial charge in [-0.15, -0.1) is 0 Å². The predicted octanol–water partition coefficient (Wildman–Crippen LogP) is 4.78. The molecule has 0 amide bonds. The average molecular weight is 281 g/mol. The van der Waals surface area contributed by atoms with Crippen molar-refractivity contribution >= 4 is 0 Å². The van der Waals surface area contributed by atoms with E-state index in [1.807, 2.05) is 0 Å². The molecule has 0 atom stereocenters. The fourth-order valence-electron chi connectivity index (χ4n) is 3.06. The first-order valence-electron chi connectivity index (χ1n) is 8.00. The van der Waals surface area contributed by atoms with E-state index in [0.717, 1.165) is 19.6 Å². The normalized spacial score (nSPS) is 11.3. The summed E-state index contributed by atoms with van der Waals surface area (Å²) in [5.41, 5.74) is 5.69. The van der Waals surface area contributed by atoms with Gasteiger partial charge in [0.15, 0.2) is 0 Å². The highest BCUT2D eigenvalue weighted by molar-refractivity contribution is 5.41. The van der Waals surface area contributed by atoms with Crippen molar-refractivity contribution in [2.75, 3.05) is 19.6 Å². The van der Waals surface area contributed by atoms with Crippen molar-refractivity contribution in [2.24, 2.45) is 0 Å². The molecule has 0 fully saturated rings. The second-order valence-electron chi connectivity index (χ2n) is 5.75. The lowest BCUT2D eigenvalue weighted by atomic mass is 9.86. The van der Waals surface area contributed by atoms with Crippen molar-refractivity contribution < 1.29 is 0 Å². The summed E-state index contributed by atoms with van der Waals surface area (Å²) in [7, 11) is 0. The van der Waals surface area contributed by atoms with Crippen LogP contribution in [-0.4, -0.2) is 24.5 Å². The minimum absolute atomic E-state index is 0.451. The van der Waals surface area contributed by atoms with Gasteiger partial charge in [0.25, 0.3) is 0 Å². The van der Waals surface area contributed by atoms with Crippen LogP contribution in [0.15, 0.2) is 48.5 Å². The molecule has 0 unspecified atom stereocenters. The molecule has 2 rings (SSSR count). The van der Waals surface area contributed by atoms with E-state index in [1.54, 1.807) is 0 Å². The van der Waals surface area contributed by atoms with Gasteiger partial charge < -0.3 is 4.90 Å². The lowest BCUT2D eigenvalue weighted by Gasteiger charge is -2.28. The van der Waals surface area contributed by atoms with Crippen LogP contribution < -0.4 is 0 Å². The van der Waals surface area contributed by atoms with Gasteiger partial charge in [-0.1, -0.05) is 62.4 Å². The maximum absolute atomic E-state index is 2.52. The minimum Gasteiger partial charge on any atom is -0.303 e. The third-order valence-corrected chi connectivity index (χ3v) is 4.46. The topological polar surface area (TPSA) is 3.24 Å². The summed E-state index contributed by atoms with van der Waals surface area (Å²) in [6, 6.07) is 17.6. The van der Waals surface area contributed by atoms with Crippen molar-refractivity contribution in [2.45, 2.75) is 33.6 Å². The van der Waals surface area contributed by atoms with E-state index in [-0.39, 0.29) is 0 Å². The van der Waals surface area contributed by atoms with Crippen molar-refractivity contribution in [1.29, 1.82) is 0 Å². The van der Waals surface area contributed by atoms with E-state index in [0.29, 0.717) is 5.92 Å². The minimum atomic E-state index is 0.451. The van der Waals surface area contributed by atoms with E-state index >= 15 is 0 Å². The lowest BCUT2D eigenvalue weighted by Crippen LogP contribution is -2.29. The van der Waals surface area contributed by atoms with Gasteiger partial charge >= 0.3 is 0 Å². The Bertz CT molecular complexity index is 524. The highest BCUT2D eigenvalue weighted by atomic mass is 15.1. The second kappa shape index (κ2) is 7.42. The fraction of sp³-hybridized carbons (Fsp3) is 0.400. The molecule has 0 heterocycles. The molecule has 0 aromatic heterocycles. The van der Waals surface area contributed by atoms with Gasteiger partial charge in [0.05, 0.1) is 0 Å². The van der Waals surface area contributed by atoms with Gasteiger partial charge in [-0.2, -0.15) is 0 Å². The van der Waals surface area contributed by atoms with Gasteiger partial charge in [-0.05, 0) is 49.2 Å². The Hall–Kier alpha value is -1.60. The maximum atomic E-state index is 2.52. The summed E-state index contributed by atoms with van der Waals surface area (Å²) in [6.07, 6.45) is 0.